The SMILES string of the molecule is Nc1noc(-c2ccc(F)cc2)c1-c1c(F)cccc1Cl. The average molecular weight is 307 g/mol. The smallest absolute Gasteiger partial charge is 0.177 e. The Morgan fingerprint density at radius 3 is 2.38 bits per heavy atom. The Kier molecular flexibility index (Phi) is 3.35. The highest BCUT2D eigenvalue weighted by atomic mass is 35.5. The predicted octanol–water partition coefficient (Wildman–Crippen LogP) is 4.52. The molecule has 3 aromatic rings. The number of anilines is 1. The highest BCUT2D eigenvalue weighted by molar-refractivity contribution is 6.33. The van der Waals surface area contributed by atoms with Crippen LogP contribution < -0.4 is 5.73 Å². The number of nitrogens with two attached hydrogens (primary N) is 1. The van der Waals surface area contributed by atoms with Crippen LogP contribution in [0.4, 0.5) is 14.6 Å². The van der Waals surface area contributed by atoms with Crippen LogP contribution in [-0.4, -0.2) is 5.16 Å². The predicted molar refractivity (Wildman–Crippen MR) is 76.7 cm³/mol. The van der Waals surface area contributed by atoms with Gasteiger partial charge in [0, 0.05) is 11.1 Å². The normalized spacial score (nSPS) is 10.8. The molecule has 3 rings (SSSR count). The van der Waals surface area contributed by atoms with Crippen molar-refractivity contribution in [1.29, 1.82) is 0 Å². The monoisotopic (exact) mass is 306 g/mol. The van der Waals surface area contributed by atoms with E-state index < -0.39 is 11.6 Å². The molecule has 2 aromatic carbocycles. The van der Waals surface area contributed by atoms with Gasteiger partial charge < -0.3 is 10.3 Å². The number of nitrogen functional groups attached to an aromatic ring is 1. The van der Waals surface area contributed by atoms with Crippen molar-refractivity contribution in [1.82, 2.24) is 5.16 Å². The summed E-state index contributed by atoms with van der Waals surface area (Å²) in [6, 6.07) is 9.81. The largest absolute Gasteiger partial charge is 0.380 e. The Hall–Kier alpha value is -2.40. The summed E-state index contributed by atoms with van der Waals surface area (Å²) in [6.07, 6.45) is 0. The van der Waals surface area contributed by atoms with Crippen molar-refractivity contribution in [2.75, 3.05) is 5.73 Å². The third kappa shape index (κ3) is 2.36. The molecule has 0 aliphatic heterocycles. The molecule has 0 saturated heterocycles. The van der Waals surface area contributed by atoms with Crippen molar-refractivity contribution in [2.45, 2.75) is 0 Å². The van der Waals surface area contributed by atoms with Crippen LogP contribution >= 0.6 is 11.6 Å². The lowest BCUT2D eigenvalue weighted by Gasteiger charge is -2.06. The number of nitrogens with zero attached hydrogens (tertiary/aromatic N) is 1. The lowest BCUT2D eigenvalue weighted by molar-refractivity contribution is 0.436. The van der Waals surface area contributed by atoms with Crippen LogP contribution in [0.3, 0.4) is 0 Å². The molecule has 0 bridgehead atoms. The molecule has 0 fully saturated rings. The zero-order valence-corrected chi connectivity index (χ0v) is 11.4. The van der Waals surface area contributed by atoms with Crippen molar-refractivity contribution in [3.63, 3.8) is 0 Å². The third-order valence-electron chi connectivity index (χ3n) is 3.04. The van der Waals surface area contributed by atoms with Crippen LogP contribution in [0, 0.1) is 11.6 Å². The zero-order valence-electron chi connectivity index (χ0n) is 10.6. The van der Waals surface area contributed by atoms with Gasteiger partial charge in [0.1, 0.15) is 11.6 Å². The molecule has 0 radical (unpaired) electrons. The Labute approximate surface area is 123 Å². The number of halogens is 3. The van der Waals surface area contributed by atoms with E-state index in [2.05, 4.69) is 5.16 Å². The summed E-state index contributed by atoms with van der Waals surface area (Å²) in [7, 11) is 0. The minimum atomic E-state index is -0.541. The molecule has 3 nitrogen and oxygen atoms in total. The summed E-state index contributed by atoms with van der Waals surface area (Å²) in [5.74, 6) is -0.682. The highest BCUT2D eigenvalue weighted by Crippen LogP contribution is 2.41. The van der Waals surface area contributed by atoms with Crippen LogP contribution in [0.25, 0.3) is 22.5 Å². The van der Waals surface area contributed by atoms with E-state index >= 15 is 0 Å². The number of rotatable bonds is 2. The second kappa shape index (κ2) is 5.18. The summed E-state index contributed by atoms with van der Waals surface area (Å²) < 4.78 is 32.3. The van der Waals surface area contributed by atoms with E-state index in [1.807, 2.05) is 0 Å². The van der Waals surface area contributed by atoms with Gasteiger partial charge in [-0.3, -0.25) is 0 Å². The summed E-state index contributed by atoms with van der Waals surface area (Å²) in [5, 5.41) is 3.85. The minimum Gasteiger partial charge on any atom is -0.380 e. The molecular weight excluding hydrogens is 298 g/mol. The maximum Gasteiger partial charge on any atom is 0.177 e. The van der Waals surface area contributed by atoms with Gasteiger partial charge in [-0.25, -0.2) is 8.78 Å². The van der Waals surface area contributed by atoms with E-state index in [-0.39, 0.29) is 27.7 Å². The van der Waals surface area contributed by atoms with Crippen molar-refractivity contribution < 1.29 is 13.3 Å². The lowest BCUT2D eigenvalue weighted by atomic mass is 10.0. The van der Waals surface area contributed by atoms with Gasteiger partial charge in [-0.15, -0.1) is 0 Å². The maximum atomic E-state index is 14.1. The fourth-order valence-corrected chi connectivity index (χ4v) is 2.34. The van der Waals surface area contributed by atoms with Crippen molar-refractivity contribution >= 4 is 17.4 Å². The van der Waals surface area contributed by atoms with Gasteiger partial charge in [-0.1, -0.05) is 22.8 Å². The quantitative estimate of drug-likeness (QED) is 0.757. The Balaban J connectivity index is 2.25. The molecule has 6 heteroatoms. The van der Waals surface area contributed by atoms with E-state index in [1.54, 1.807) is 6.07 Å². The lowest BCUT2D eigenvalue weighted by Crippen LogP contribution is -1.92. The second-order valence-electron chi connectivity index (χ2n) is 4.38. The topological polar surface area (TPSA) is 52.0 Å². The van der Waals surface area contributed by atoms with Gasteiger partial charge in [-0.2, -0.15) is 0 Å². The Morgan fingerprint density at radius 1 is 1.00 bits per heavy atom. The van der Waals surface area contributed by atoms with Crippen LogP contribution in [0.2, 0.25) is 5.02 Å². The van der Waals surface area contributed by atoms with Crippen LogP contribution in [0.5, 0.6) is 0 Å². The molecule has 0 spiro atoms. The summed E-state index contributed by atoms with van der Waals surface area (Å²) in [5.41, 5.74) is 6.66. The van der Waals surface area contributed by atoms with Gasteiger partial charge in [0.2, 0.25) is 0 Å². The van der Waals surface area contributed by atoms with Gasteiger partial charge in [0.05, 0.1) is 10.6 Å². The average Bonchev–Trinajstić information content (AvgIpc) is 2.82. The van der Waals surface area contributed by atoms with E-state index in [1.165, 1.54) is 36.4 Å². The number of hydrogen-bond donors (Lipinski definition) is 1. The standard InChI is InChI=1S/C15H9ClF2N2O/c16-10-2-1-3-11(18)12(10)13-14(21-20-15(13)19)8-4-6-9(17)7-5-8/h1-7H,(H2,19,20). The molecule has 0 saturated carbocycles. The van der Waals surface area contributed by atoms with E-state index in [0.29, 0.717) is 5.56 Å². The molecule has 0 atom stereocenters. The first kappa shape index (κ1) is 13.6. The molecule has 0 amide bonds. The number of hydrogen-bond acceptors (Lipinski definition) is 3. The van der Waals surface area contributed by atoms with Crippen molar-refractivity contribution in [3.05, 3.63) is 59.1 Å². The van der Waals surface area contributed by atoms with Gasteiger partial charge in [-0.05, 0) is 36.4 Å². The number of benzene rings is 2. The fourth-order valence-electron chi connectivity index (χ4n) is 2.08. The minimum absolute atomic E-state index is 0.0151. The van der Waals surface area contributed by atoms with Gasteiger partial charge in [0.25, 0.3) is 0 Å². The summed E-state index contributed by atoms with van der Waals surface area (Å²) in [6.45, 7) is 0. The second-order valence-corrected chi connectivity index (χ2v) is 4.78. The van der Waals surface area contributed by atoms with E-state index in [0.717, 1.165) is 0 Å². The zero-order chi connectivity index (χ0) is 15.0. The van der Waals surface area contributed by atoms with Gasteiger partial charge in [0.15, 0.2) is 11.6 Å². The summed E-state index contributed by atoms with van der Waals surface area (Å²) in [4.78, 5) is 0. The molecule has 2 N–H and O–H groups in total. The molecule has 106 valence electrons. The van der Waals surface area contributed by atoms with Crippen molar-refractivity contribution in [3.8, 4) is 22.5 Å². The first-order chi connectivity index (χ1) is 10.1. The molecule has 0 unspecified atom stereocenters. The van der Waals surface area contributed by atoms with Crippen LogP contribution in [0.1, 0.15) is 0 Å². The molecule has 21 heavy (non-hydrogen) atoms. The van der Waals surface area contributed by atoms with Crippen molar-refractivity contribution in [2.24, 2.45) is 0 Å². The fraction of sp³-hybridized carbons (Fsp3) is 0. The van der Waals surface area contributed by atoms with Crippen LogP contribution in [0.15, 0.2) is 47.0 Å². The van der Waals surface area contributed by atoms with E-state index in [4.69, 9.17) is 21.9 Å². The first-order valence-electron chi connectivity index (χ1n) is 6.03. The molecular formula is C15H9ClF2N2O. The molecule has 0 aliphatic carbocycles. The highest BCUT2D eigenvalue weighted by Gasteiger charge is 2.22. The maximum absolute atomic E-state index is 14.1. The third-order valence-corrected chi connectivity index (χ3v) is 3.35. The molecule has 1 heterocycles. The Morgan fingerprint density at radius 2 is 1.71 bits per heavy atom. The number of aromatic nitrogens is 1. The van der Waals surface area contributed by atoms with Crippen LogP contribution in [-0.2, 0) is 0 Å². The first-order valence-corrected chi connectivity index (χ1v) is 6.41. The molecule has 0 aliphatic rings. The Bertz CT molecular complexity index is 780. The van der Waals surface area contributed by atoms with Gasteiger partial charge >= 0.3 is 0 Å². The molecule has 1 aromatic heterocycles. The van der Waals surface area contributed by atoms with E-state index in [9.17, 15) is 8.78 Å². The summed E-state index contributed by atoms with van der Waals surface area (Å²) >= 11 is 6.05.